The van der Waals surface area contributed by atoms with E-state index in [0.29, 0.717) is 12.1 Å². The molecule has 2 unspecified atom stereocenters. The molecule has 16 heavy (non-hydrogen) atoms. The third-order valence-electron chi connectivity index (χ3n) is 3.40. The Balaban J connectivity index is 2.20. The molecule has 1 heterocycles. The van der Waals surface area contributed by atoms with Gasteiger partial charge >= 0.3 is 0 Å². The monoisotopic (exact) mass is 282 g/mol. The summed E-state index contributed by atoms with van der Waals surface area (Å²) in [5.41, 5.74) is 8.57. The van der Waals surface area contributed by atoms with Crippen molar-refractivity contribution in [2.45, 2.75) is 38.8 Å². The number of benzene rings is 1. The van der Waals surface area contributed by atoms with Gasteiger partial charge in [-0.25, -0.2) is 0 Å². The van der Waals surface area contributed by atoms with Crippen LogP contribution in [0.2, 0.25) is 0 Å². The Morgan fingerprint density at radius 2 is 2.19 bits per heavy atom. The molecule has 0 spiro atoms. The molecule has 1 aromatic rings. The first kappa shape index (κ1) is 11.9. The summed E-state index contributed by atoms with van der Waals surface area (Å²) < 4.78 is 1.19. The summed E-state index contributed by atoms with van der Waals surface area (Å²) in [6.07, 6.45) is 2.18. The molecule has 2 rings (SSSR count). The van der Waals surface area contributed by atoms with Gasteiger partial charge in [0, 0.05) is 28.8 Å². The molecule has 1 aliphatic heterocycles. The fourth-order valence-electron chi connectivity index (χ4n) is 2.35. The van der Waals surface area contributed by atoms with Crippen LogP contribution in [0.4, 0.5) is 5.69 Å². The average Bonchev–Trinajstić information content (AvgIpc) is 2.22. The molecular formula is C13H19BrN2. The van der Waals surface area contributed by atoms with Crippen LogP contribution in [0.15, 0.2) is 22.7 Å². The Labute approximate surface area is 106 Å². The van der Waals surface area contributed by atoms with Gasteiger partial charge in [0.05, 0.1) is 0 Å². The molecule has 2 N–H and O–H groups in total. The van der Waals surface area contributed by atoms with Gasteiger partial charge in [0.25, 0.3) is 0 Å². The number of anilines is 1. The van der Waals surface area contributed by atoms with Crippen molar-refractivity contribution < 1.29 is 0 Å². The lowest BCUT2D eigenvalue weighted by atomic mass is 9.98. The van der Waals surface area contributed by atoms with Crippen LogP contribution in [0.25, 0.3) is 0 Å². The molecule has 0 aliphatic carbocycles. The lowest BCUT2D eigenvalue weighted by molar-refractivity contribution is 0.430. The van der Waals surface area contributed by atoms with Crippen molar-refractivity contribution in [3.05, 3.63) is 28.2 Å². The van der Waals surface area contributed by atoms with E-state index in [1.807, 2.05) is 0 Å². The van der Waals surface area contributed by atoms with E-state index < -0.39 is 0 Å². The number of rotatable bonds is 1. The Kier molecular flexibility index (Phi) is 3.55. The molecule has 0 bridgehead atoms. The van der Waals surface area contributed by atoms with Gasteiger partial charge in [0.1, 0.15) is 0 Å². The fourth-order valence-corrected chi connectivity index (χ4v) is 2.72. The minimum atomic E-state index is 0.375. The normalized spacial score (nSPS) is 25.9. The van der Waals surface area contributed by atoms with Gasteiger partial charge in [-0.05, 0) is 44.4 Å². The van der Waals surface area contributed by atoms with E-state index in [4.69, 9.17) is 5.73 Å². The second kappa shape index (κ2) is 4.76. The van der Waals surface area contributed by atoms with Crippen molar-refractivity contribution in [2.75, 3.05) is 11.4 Å². The quantitative estimate of drug-likeness (QED) is 0.858. The van der Waals surface area contributed by atoms with E-state index in [1.54, 1.807) is 0 Å². The van der Waals surface area contributed by atoms with Crippen molar-refractivity contribution in [2.24, 2.45) is 5.73 Å². The topological polar surface area (TPSA) is 29.3 Å². The van der Waals surface area contributed by atoms with Crippen LogP contribution < -0.4 is 10.6 Å². The number of nitrogens with zero attached hydrogens (tertiary/aromatic N) is 1. The SMILES string of the molecule is Cc1ccc(N2CCC(N)CC2C)cc1Br. The highest BCUT2D eigenvalue weighted by Gasteiger charge is 2.23. The molecule has 2 nitrogen and oxygen atoms in total. The lowest BCUT2D eigenvalue weighted by Crippen LogP contribution is -2.45. The summed E-state index contributed by atoms with van der Waals surface area (Å²) in [6, 6.07) is 7.50. The molecule has 3 heteroatoms. The van der Waals surface area contributed by atoms with Gasteiger partial charge in [0.2, 0.25) is 0 Å². The summed E-state index contributed by atoms with van der Waals surface area (Å²) in [5.74, 6) is 0. The molecule has 0 amide bonds. The Morgan fingerprint density at radius 3 is 2.81 bits per heavy atom. The summed E-state index contributed by atoms with van der Waals surface area (Å²) >= 11 is 3.59. The van der Waals surface area contributed by atoms with Crippen LogP contribution in [0.1, 0.15) is 25.3 Å². The molecule has 1 fully saturated rings. The number of hydrogen-bond donors (Lipinski definition) is 1. The zero-order valence-corrected chi connectivity index (χ0v) is 11.5. The second-order valence-corrected chi connectivity index (χ2v) is 5.61. The predicted molar refractivity (Wildman–Crippen MR) is 72.9 cm³/mol. The van der Waals surface area contributed by atoms with Crippen LogP contribution in [0.3, 0.4) is 0 Å². The number of halogens is 1. The minimum absolute atomic E-state index is 0.375. The average molecular weight is 283 g/mol. The van der Waals surface area contributed by atoms with Gasteiger partial charge in [-0.1, -0.05) is 22.0 Å². The van der Waals surface area contributed by atoms with Crippen LogP contribution in [-0.4, -0.2) is 18.6 Å². The predicted octanol–water partition coefficient (Wildman–Crippen LogP) is 3.07. The molecule has 1 saturated heterocycles. The molecule has 0 aromatic heterocycles. The van der Waals surface area contributed by atoms with Crippen LogP contribution in [0.5, 0.6) is 0 Å². The third kappa shape index (κ3) is 2.41. The maximum Gasteiger partial charge on any atom is 0.0380 e. The van der Waals surface area contributed by atoms with Crippen molar-refractivity contribution in [1.29, 1.82) is 0 Å². The number of piperidine rings is 1. The smallest absolute Gasteiger partial charge is 0.0380 e. The van der Waals surface area contributed by atoms with Gasteiger partial charge in [-0.3, -0.25) is 0 Å². The van der Waals surface area contributed by atoms with Gasteiger partial charge < -0.3 is 10.6 Å². The zero-order chi connectivity index (χ0) is 11.7. The lowest BCUT2D eigenvalue weighted by Gasteiger charge is -2.38. The largest absolute Gasteiger partial charge is 0.369 e. The summed E-state index contributed by atoms with van der Waals surface area (Å²) in [4.78, 5) is 2.45. The van der Waals surface area contributed by atoms with Crippen LogP contribution in [-0.2, 0) is 0 Å². The van der Waals surface area contributed by atoms with Crippen LogP contribution >= 0.6 is 15.9 Å². The highest BCUT2D eigenvalue weighted by molar-refractivity contribution is 9.10. The van der Waals surface area contributed by atoms with Gasteiger partial charge in [-0.15, -0.1) is 0 Å². The molecule has 0 saturated carbocycles. The summed E-state index contributed by atoms with van der Waals surface area (Å²) in [6.45, 7) is 5.44. The van der Waals surface area contributed by atoms with E-state index in [9.17, 15) is 0 Å². The van der Waals surface area contributed by atoms with Gasteiger partial charge in [0.15, 0.2) is 0 Å². The number of nitrogens with two attached hydrogens (primary N) is 1. The number of aryl methyl sites for hydroxylation is 1. The van der Waals surface area contributed by atoms with Crippen molar-refractivity contribution in [3.63, 3.8) is 0 Å². The van der Waals surface area contributed by atoms with Gasteiger partial charge in [-0.2, -0.15) is 0 Å². The van der Waals surface area contributed by atoms with Crippen molar-refractivity contribution in [1.82, 2.24) is 0 Å². The highest BCUT2D eigenvalue weighted by atomic mass is 79.9. The van der Waals surface area contributed by atoms with E-state index in [0.717, 1.165) is 19.4 Å². The van der Waals surface area contributed by atoms with E-state index >= 15 is 0 Å². The molecule has 2 atom stereocenters. The fraction of sp³-hybridized carbons (Fsp3) is 0.538. The Bertz CT molecular complexity index is 378. The summed E-state index contributed by atoms with van der Waals surface area (Å²) in [5, 5.41) is 0. The molecule has 1 aliphatic rings. The Morgan fingerprint density at radius 1 is 1.44 bits per heavy atom. The summed E-state index contributed by atoms with van der Waals surface area (Å²) in [7, 11) is 0. The van der Waals surface area contributed by atoms with Crippen molar-refractivity contribution >= 4 is 21.6 Å². The molecular weight excluding hydrogens is 264 g/mol. The maximum absolute atomic E-state index is 5.98. The first-order chi connectivity index (χ1) is 7.58. The molecule has 0 radical (unpaired) electrons. The first-order valence-electron chi connectivity index (χ1n) is 5.86. The Hall–Kier alpha value is -0.540. The molecule has 88 valence electrons. The standard InChI is InChI=1S/C13H19BrN2/c1-9-3-4-12(8-13(9)14)16-6-5-11(15)7-10(16)2/h3-4,8,10-11H,5-7,15H2,1-2H3. The number of hydrogen-bond acceptors (Lipinski definition) is 2. The van der Waals surface area contributed by atoms with Crippen LogP contribution in [0, 0.1) is 6.92 Å². The zero-order valence-electron chi connectivity index (χ0n) is 9.91. The molecule has 1 aromatic carbocycles. The van der Waals surface area contributed by atoms with E-state index in [2.05, 4.69) is 52.9 Å². The van der Waals surface area contributed by atoms with E-state index in [-0.39, 0.29) is 0 Å². The third-order valence-corrected chi connectivity index (χ3v) is 4.26. The van der Waals surface area contributed by atoms with E-state index in [1.165, 1.54) is 15.7 Å². The maximum atomic E-state index is 5.98. The van der Waals surface area contributed by atoms with Crippen molar-refractivity contribution in [3.8, 4) is 0 Å². The highest BCUT2D eigenvalue weighted by Crippen LogP contribution is 2.28. The first-order valence-corrected chi connectivity index (χ1v) is 6.65. The second-order valence-electron chi connectivity index (χ2n) is 4.76. The minimum Gasteiger partial charge on any atom is -0.369 e.